The summed E-state index contributed by atoms with van der Waals surface area (Å²) in [5.74, 6) is 2.34. The van der Waals surface area contributed by atoms with E-state index in [2.05, 4.69) is 11.2 Å². The maximum atomic E-state index is 11.0. The fourth-order valence-corrected chi connectivity index (χ4v) is 0.636. The summed E-state index contributed by atoms with van der Waals surface area (Å²) < 4.78 is 0.621. The van der Waals surface area contributed by atoms with Crippen molar-refractivity contribution in [1.82, 2.24) is 5.32 Å². The highest BCUT2D eigenvalue weighted by atomic mass is 16.2. The molecule has 0 rings (SSSR count). The van der Waals surface area contributed by atoms with E-state index in [9.17, 15) is 4.79 Å². The summed E-state index contributed by atoms with van der Waals surface area (Å²) >= 11 is 0. The Morgan fingerprint density at radius 3 is 2.45 bits per heavy atom. The summed E-state index contributed by atoms with van der Waals surface area (Å²) in [4.78, 5) is 11.0. The zero-order valence-corrected chi connectivity index (χ0v) is 7.35. The van der Waals surface area contributed by atoms with Crippen molar-refractivity contribution >= 4 is 5.91 Å². The second-order valence-corrected chi connectivity index (χ2v) is 3.43. The van der Waals surface area contributed by atoms with Crippen molar-refractivity contribution in [1.29, 1.82) is 0 Å². The largest absolute Gasteiger partial charge is 0.340 e. The van der Waals surface area contributed by atoms with Crippen molar-refractivity contribution in [2.24, 2.45) is 0 Å². The van der Waals surface area contributed by atoms with Gasteiger partial charge in [0.05, 0.1) is 27.7 Å². The van der Waals surface area contributed by atoms with E-state index in [0.717, 1.165) is 0 Å². The van der Waals surface area contributed by atoms with Gasteiger partial charge in [0.2, 0.25) is 0 Å². The molecule has 0 fully saturated rings. The molecule has 0 aromatic rings. The molecular formula is C8H15N2O+. The number of nitrogens with one attached hydrogen (secondary N) is 1. The second kappa shape index (κ2) is 3.99. The minimum Gasteiger partial charge on any atom is -0.340 e. The van der Waals surface area contributed by atoms with E-state index < -0.39 is 0 Å². The van der Waals surface area contributed by atoms with E-state index in [0.29, 0.717) is 17.6 Å². The third kappa shape index (κ3) is 6.88. The molecule has 3 heteroatoms. The molecule has 1 N–H and O–H groups in total. The average Bonchev–Trinajstić information content (AvgIpc) is 1.79. The van der Waals surface area contributed by atoms with Crippen LogP contribution in [0.4, 0.5) is 0 Å². The van der Waals surface area contributed by atoms with Crippen LogP contribution in [-0.2, 0) is 4.79 Å². The van der Waals surface area contributed by atoms with E-state index >= 15 is 0 Å². The zero-order chi connectivity index (χ0) is 8.91. The summed E-state index contributed by atoms with van der Waals surface area (Å²) in [5, 5.41) is 2.60. The van der Waals surface area contributed by atoms with E-state index in [1.165, 1.54) is 0 Å². The maximum Gasteiger partial charge on any atom is 0.275 e. The number of quaternary nitrogens is 1. The number of hydrogen-bond donors (Lipinski definition) is 1. The summed E-state index contributed by atoms with van der Waals surface area (Å²) in [6.45, 7) is 0.778. The number of amides is 1. The lowest BCUT2D eigenvalue weighted by molar-refractivity contribution is -0.862. The Kier molecular flexibility index (Phi) is 3.63. The molecule has 3 nitrogen and oxygen atoms in total. The average molecular weight is 155 g/mol. The minimum absolute atomic E-state index is 0.00421. The van der Waals surface area contributed by atoms with Crippen LogP contribution < -0.4 is 5.32 Å². The zero-order valence-electron chi connectivity index (χ0n) is 7.35. The minimum atomic E-state index is -0.00421. The predicted octanol–water partition coefficient (Wildman–Crippen LogP) is -0.558. The van der Waals surface area contributed by atoms with Crippen LogP contribution in [-0.4, -0.2) is 44.6 Å². The number of carbonyl (C=O) groups excluding carboxylic acids is 1. The van der Waals surface area contributed by atoms with Gasteiger partial charge in [-0.05, 0) is 0 Å². The molecule has 0 aromatic carbocycles. The van der Waals surface area contributed by atoms with Crippen molar-refractivity contribution in [3.05, 3.63) is 0 Å². The van der Waals surface area contributed by atoms with Crippen molar-refractivity contribution in [2.75, 3.05) is 34.2 Å². The molecule has 0 saturated carbocycles. The first-order valence-corrected chi connectivity index (χ1v) is 3.46. The van der Waals surface area contributed by atoms with Crippen molar-refractivity contribution in [3.63, 3.8) is 0 Å². The Morgan fingerprint density at radius 1 is 1.55 bits per heavy atom. The van der Waals surface area contributed by atoms with Gasteiger partial charge in [-0.1, -0.05) is 5.92 Å². The summed E-state index contributed by atoms with van der Waals surface area (Å²) in [5.41, 5.74) is 0. The molecule has 0 saturated heterocycles. The first-order valence-electron chi connectivity index (χ1n) is 3.46. The molecule has 0 aliphatic carbocycles. The SMILES string of the molecule is C#CCNC(=O)C[N+](C)(C)C. The van der Waals surface area contributed by atoms with E-state index in [1.807, 2.05) is 21.1 Å². The van der Waals surface area contributed by atoms with Gasteiger partial charge in [-0.15, -0.1) is 6.42 Å². The standard InChI is InChI=1S/C8H14N2O/c1-5-6-9-8(11)7-10(2,3)4/h1H,6-7H2,2-4H3/p+1. The second-order valence-electron chi connectivity index (χ2n) is 3.43. The monoisotopic (exact) mass is 155 g/mol. The van der Waals surface area contributed by atoms with Gasteiger partial charge in [0.25, 0.3) is 5.91 Å². The van der Waals surface area contributed by atoms with Gasteiger partial charge in [-0.2, -0.15) is 0 Å². The van der Waals surface area contributed by atoms with Crippen LogP contribution in [0.25, 0.3) is 0 Å². The molecular weight excluding hydrogens is 140 g/mol. The summed E-state index contributed by atoms with van der Waals surface area (Å²) in [6, 6.07) is 0. The van der Waals surface area contributed by atoms with Gasteiger partial charge in [0.15, 0.2) is 6.54 Å². The van der Waals surface area contributed by atoms with E-state index in [-0.39, 0.29) is 5.91 Å². The Bertz CT molecular complexity index is 174. The number of hydrogen-bond acceptors (Lipinski definition) is 1. The number of nitrogens with zero attached hydrogens (tertiary/aromatic N) is 1. The van der Waals surface area contributed by atoms with Gasteiger partial charge < -0.3 is 9.80 Å². The highest BCUT2D eigenvalue weighted by Gasteiger charge is 2.12. The smallest absolute Gasteiger partial charge is 0.275 e. The quantitative estimate of drug-likeness (QED) is 0.430. The van der Waals surface area contributed by atoms with Crippen LogP contribution in [0.5, 0.6) is 0 Å². The molecule has 0 aromatic heterocycles. The Morgan fingerprint density at radius 2 is 2.09 bits per heavy atom. The van der Waals surface area contributed by atoms with Crippen molar-refractivity contribution in [3.8, 4) is 12.3 Å². The van der Waals surface area contributed by atoms with Crippen LogP contribution in [0, 0.1) is 12.3 Å². The number of carbonyl (C=O) groups is 1. The van der Waals surface area contributed by atoms with Crippen molar-refractivity contribution < 1.29 is 9.28 Å². The molecule has 0 aliphatic heterocycles. The fraction of sp³-hybridized carbons (Fsp3) is 0.625. The highest BCUT2D eigenvalue weighted by molar-refractivity contribution is 5.77. The van der Waals surface area contributed by atoms with Crippen LogP contribution in [0.1, 0.15) is 0 Å². The van der Waals surface area contributed by atoms with Crippen LogP contribution >= 0.6 is 0 Å². The van der Waals surface area contributed by atoms with E-state index in [4.69, 9.17) is 6.42 Å². The first kappa shape index (κ1) is 9.99. The first-order chi connectivity index (χ1) is 4.95. The van der Waals surface area contributed by atoms with Gasteiger partial charge in [0.1, 0.15) is 0 Å². The lowest BCUT2D eigenvalue weighted by Crippen LogP contribution is -2.44. The molecule has 0 radical (unpaired) electrons. The van der Waals surface area contributed by atoms with Crippen LogP contribution in [0.3, 0.4) is 0 Å². The molecule has 0 spiro atoms. The Labute approximate surface area is 68.0 Å². The summed E-state index contributed by atoms with van der Waals surface area (Å²) in [6.07, 6.45) is 4.97. The van der Waals surface area contributed by atoms with Crippen LogP contribution in [0.2, 0.25) is 0 Å². The number of likely N-dealkylation sites (N-methyl/N-ethyl adjacent to an activating group) is 1. The van der Waals surface area contributed by atoms with Crippen LogP contribution in [0.15, 0.2) is 0 Å². The molecule has 0 atom stereocenters. The molecule has 0 bridgehead atoms. The lowest BCUT2D eigenvalue weighted by Gasteiger charge is -2.22. The molecule has 1 amide bonds. The lowest BCUT2D eigenvalue weighted by atomic mass is 10.4. The molecule has 11 heavy (non-hydrogen) atoms. The normalized spacial score (nSPS) is 10.4. The molecule has 0 unspecified atom stereocenters. The third-order valence-corrected chi connectivity index (χ3v) is 1.01. The van der Waals surface area contributed by atoms with Gasteiger partial charge >= 0.3 is 0 Å². The highest BCUT2D eigenvalue weighted by Crippen LogP contribution is 1.87. The number of terminal acetylenes is 1. The van der Waals surface area contributed by atoms with Crippen molar-refractivity contribution in [2.45, 2.75) is 0 Å². The molecule has 62 valence electrons. The molecule has 0 heterocycles. The fourth-order valence-electron chi connectivity index (χ4n) is 0.636. The predicted molar refractivity (Wildman–Crippen MR) is 44.7 cm³/mol. The number of rotatable bonds is 3. The van der Waals surface area contributed by atoms with Gasteiger partial charge in [0, 0.05) is 0 Å². The topological polar surface area (TPSA) is 29.1 Å². The Hall–Kier alpha value is -1.01. The summed E-state index contributed by atoms with van der Waals surface area (Å²) in [7, 11) is 5.86. The van der Waals surface area contributed by atoms with Gasteiger partial charge in [-0.25, -0.2) is 0 Å². The third-order valence-electron chi connectivity index (χ3n) is 1.01. The molecule has 0 aliphatic rings. The van der Waals surface area contributed by atoms with Gasteiger partial charge in [-0.3, -0.25) is 4.79 Å². The Balaban J connectivity index is 3.64. The maximum absolute atomic E-state index is 11.0. The van der Waals surface area contributed by atoms with E-state index in [1.54, 1.807) is 0 Å².